The van der Waals surface area contributed by atoms with Crippen LogP contribution in [0, 0.1) is 11.6 Å². The Labute approximate surface area is 145 Å². The summed E-state index contributed by atoms with van der Waals surface area (Å²) in [4.78, 5) is 23.8. The van der Waals surface area contributed by atoms with Crippen molar-refractivity contribution in [1.29, 1.82) is 0 Å². The quantitative estimate of drug-likeness (QED) is 0.787. The maximum Gasteiger partial charge on any atom is 0.326 e. The largest absolute Gasteiger partial charge is 0.480 e. The Hall–Kier alpha value is -2.61. The summed E-state index contributed by atoms with van der Waals surface area (Å²) in [6.07, 6.45) is -0.125. The van der Waals surface area contributed by atoms with E-state index in [0.29, 0.717) is 4.90 Å². The van der Waals surface area contributed by atoms with Crippen LogP contribution in [0.4, 0.5) is 8.78 Å². The smallest absolute Gasteiger partial charge is 0.326 e. The van der Waals surface area contributed by atoms with E-state index in [4.69, 9.17) is 0 Å². The minimum absolute atomic E-state index is 0.00705. The fraction of sp³-hybridized carbons (Fsp3) is 0.176. The van der Waals surface area contributed by atoms with Crippen molar-refractivity contribution in [3.05, 3.63) is 65.7 Å². The van der Waals surface area contributed by atoms with Crippen molar-refractivity contribution in [2.24, 2.45) is 0 Å². The number of carbonyl (C=O) groups excluding carboxylic acids is 1. The second-order valence-electron chi connectivity index (χ2n) is 5.12. The van der Waals surface area contributed by atoms with Crippen LogP contribution in [-0.4, -0.2) is 33.0 Å². The van der Waals surface area contributed by atoms with Crippen molar-refractivity contribution in [2.45, 2.75) is 17.4 Å². The molecule has 1 amide bonds. The van der Waals surface area contributed by atoms with Gasteiger partial charge in [0, 0.05) is 10.6 Å². The standard InChI is InChI=1S/C17H15F2NO4S/c18-13-8-4-7-12(15(13)19)16(21)20-14(17(22)23)9-10-25(24)11-5-2-1-3-6-11/h1-8,14H,9-10H2,(H,20,21)(H,22,23)/t14-,25+/m0/s1. The van der Waals surface area contributed by atoms with E-state index in [1.807, 2.05) is 0 Å². The van der Waals surface area contributed by atoms with Gasteiger partial charge in [-0.05, 0) is 30.7 Å². The normalized spacial score (nSPS) is 13.0. The summed E-state index contributed by atoms with van der Waals surface area (Å²) in [6.45, 7) is 0. The first-order valence-electron chi connectivity index (χ1n) is 7.31. The van der Waals surface area contributed by atoms with Gasteiger partial charge in [-0.25, -0.2) is 13.6 Å². The van der Waals surface area contributed by atoms with E-state index >= 15 is 0 Å². The molecule has 0 aliphatic carbocycles. The number of carbonyl (C=O) groups is 2. The Kier molecular flexibility index (Phi) is 6.35. The lowest BCUT2D eigenvalue weighted by Crippen LogP contribution is -2.42. The van der Waals surface area contributed by atoms with Gasteiger partial charge in [0.05, 0.1) is 16.4 Å². The van der Waals surface area contributed by atoms with Gasteiger partial charge in [0.15, 0.2) is 11.6 Å². The average molecular weight is 367 g/mol. The molecule has 5 nitrogen and oxygen atoms in total. The van der Waals surface area contributed by atoms with Gasteiger partial charge in [-0.15, -0.1) is 0 Å². The molecule has 2 rings (SSSR count). The molecule has 0 saturated carbocycles. The Balaban J connectivity index is 2.03. The fourth-order valence-electron chi connectivity index (χ4n) is 2.09. The van der Waals surface area contributed by atoms with Crippen molar-refractivity contribution in [3.8, 4) is 0 Å². The minimum atomic E-state index is -1.44. The van der Waals surface area contributed by atoms with Crippen LogP contribution in [0.3, 0.4) is 0 Å². The maximum atomic E-state index is 13.6. The lowest BCUT2D eigenvalue weighted by atomic mass is 10.1. The topological polar surface area (TPSA) is 83.5 Å². The van der Waals surface area contributed by atoms with Gasteiger partial charge in [0.2, 0.25) is 0 Å². The molecule has 0 spiro atoms. The van der Waals surface area contributed by atoms with Gasteiger partial charge >= 0.3 is 5.97 Å². The van der Waals surface area contributed by atoms with Gasteiger partial charge in [0.25, 0.3) is 5.91 Å². The predicted octanol–water partition coefficient (Wildman–Crippen LogP) is 2.35. The molecule has 0 aromatic heterocycles. The van der Waals surface area contributed by atoms with E-state index in [2.05, 4.69) is 5.32 Å². The third kappa shape index (κ3) is 4.93. The van der Waals surface area contributed by atoms with Crippen molar-refractivity contribution in [3.63, 3.8) is 0 Å². The van der Waals surface area contributed by atoms with Crippen LogP contribution < -0.4 is 5.32 Å². The summed E-state index contributed by atoms with van der Waals surface area (Å²) >= 11 is 0. The molecule has 0 bridgehead atoms. The first-order chi connectivity index (χ1) is 11.9. The molecule has 0 unspecified atom stereocenters. The monoisotopic (exact) mass is 367 g/mol. The highest BCUT2D eigenvalue weighted by molar-refractivity contribution is 7.85. The van der Waals surface area contributed by atoms with Crippen LogP contribution in [0.25, 0.3) is 0 Å². The van der Waals surface area contributed by atoms with Crippen LogP contribution in [0.2, 0.25) is 0 Å². The Bertz CT molecular complexity index is 798. The molecule has 2 aromatic rings. The summed E-state index contributed by atoms with van der Waals surface area (Å²) in [5.74, 6) is -4.96. The number of aliphatic carboxylic acids is 1. The minimum Gasteiger partial charge on any atom is -0.480 e. The van der Waals surface area contributed by atoms with E-state index in [1.54, 1.807) is 30.3 Å². The van der Waals surface area contributed by atoms with Crippen LogP contribution in [0.1, 0.15) is 16.8 Å². The third-order valence-corrected chi connectivity index (χ3v) is 4.80. The molecule has 2 N–H and O–H groups in total. The van der Waals surface area contributed by atoms with Gasteiger partial charge in [-0.3, -0.25) is 9.00 Å². The molecule has 132 valence electrons. The zero-order valence-electron chi connectivity index (χ0n) is 12.9. The SMILES string of the molecule is O=C(N[C@@H](CC[S@@](=O)c1ccccc1)C(=O)O)c1cccc(F)c1F. The van der Waals surface area contributed by atoms with Crippen LogP contribution >= 0.6 is 0 Å². The number of carboxylic acids is 1. The highest BCUT2D eigenvalue weighted by Gasteiger charge is 2.24. The summed E-state index contributed by atoms with van der Waals surface area (Å²) < 4.78 is 38.9. The maximum absolute atomic E-state index is 13.6. The molecule has 0 aliphatic heterocycles. The van der Waals surface area contributed by atoms with E-state index in [0.717, 1.165) is 18.2 Å². The first-order valence-corrected chi connectivity index (χ1v) is 8.63. The van der Waals surface area contributed by atoms with E-state index < -0.39 is 45.9 Å². The summed E-state index contributed by atoms with van der Waals surface area (Å²) in [5, 5.41) is 11.3. The van der Waals surface area contributed by atoms with Crippen LogP contribution in [0.15, 0.2) is 53.4 Å². The predicted molar refractivity (Wildman–Crippen MR) is 87.6 cm³/mol. The second-order valence-corrected chi connectivity index (χ2v) is 6.69. The molecule has 0 radical (unpaired) electrons. The van der Waals surface area contributed by atoms with Crippen molar-refractivity contribution in [1.82, 2.24) is 5.32 Å². The van der Waals surface area contributed by atoms with Crippen LogP contribution in [-0.2, 0) is 15.6 Å². The molecule has 0 saturated heterocycles. The van der Waals surface area contributed by atoms with Crippen molar-refractivity contribution in [2.75, 3.05) is 5.75 Å². The van der Waals surface area contributed by atoms with Crippen molar-refractivity contribution >= 4 is 22.7 Å². The number of hydrogen-bond donors (Lipinski definition) is 2. The summed E-state index contributed by atoms with van der Waals surface area (Å²) in [6, 6.07) is 10.1. The highest BCUT2D eigenvalue weighted by Crippen LogP contribution is 2.12. The van der Waals surface area contributed by atoms with E-state index in [9.17, 15) is 27.7 Å². The van der Waals surface area contributed by atoms with Crippen LogP contribution in [0.5, 0.6) is 0 Å². The molecule has 2 atom stereocenters. The average Bonchev–Trinajstić information content (AvgIpc) is 2.61. The van der Waals surface area contributed by atoms with E-state index in [-0.39, 0.29) is 12.2 Å². The molecule has 8 heteroatoms. The summed E-state index contributed by atoms with van der Waals surface area (Å²) in [7, 11) is -1.44. The fourth-order valence-corrected chi connectivity index (χ4v) is 3.23. The second kappa shape index (κ2) is 8.48. The lowest BCUT2D eigenvalue weighted by molar-refractivity contribution is -0.139. The van der Waals surface area contributed by atoms with Crippen molar-refractivity contribution < 1.29 is 27.7 Å². The number of rotatable bonds is 7. The number of halogens is 2. The van der Waals surface area contributed by atoms with E-state index in [1.165, 1.54) is 0 Å². The Morgan fingerprint density at radius 1 is 1.08 bits per heavy atom. The molecule has 25 heavy (non-hydrogen) atoms. The first kappa shape index (κ1) is 18.7. The molecular formula is C17H15F2NO4S. The zero-order chi connectivity index (χ0) is 18.4. The highest BCUT2D eigenvalue weighted by atomic mass is 32.2. The molecule has 0 aliphatic rings. The number of amides is 1. The van der Waals surface area contributed by atoms with Gasteiger partial charge in [-0.1, -0.05) is 24.3 Å². The number of nitrogens with one attached hydrogen (secondary N) is 1. The molecule has 2 aromatic carbocycles. The third-order valence-electron chi connectivity index (χ3n) is 3.40. The Morgan fingerprint density at radius 2 is 1.76 bits per heavy atom. The van der Waals surface area contributed by atoms with Gasteiger partial charge < -0.3 is 10.4 Å². The number of carboxylic acid groups (broad SMARTS) is 1. The molecule has 0 heterocycles. The summed E-state index contributed by atoms with van der Waals surface area (Å²) in [5.41, 5.74) is -0.588. The zero-order valence-corrected chi connectivity index (χ0v) is 13.8. The Morgan fingerprint density at radius 3 is 2.40 bits per heavy atom. The molecular weight excluding hydrogens is 352 g/mol. The molecule has 0 fully saturated rings. The lowest BCUT2D eigenvalue weighted by Gasteiger charge is -2.14. The number of hydrogen-bond acceptors (Lipinski definition) is 3. The van der Waals surface area contributed by atoms with Gasteiger partial charge in [0.1, 0.15) is 6.04 Å². The number of benzene rings is 2. The van der Waals surface area contributed by atoms with Gasteiger partial charge in [-0.2, -0.15) is 0 Å².